The monoisotopic (exact) mass is 269 g/mol. The lowest BCUT2D eigenvalue weighted by Gasteiger charge is -2.20. The van der Waals surface area contributed by atoms with Gasteiger partial charge in [0.05, 0.1) is 0 Å². The minimum atomic E-state index is -3.31. The molecular formula is C12H19N3O2S. The molecule has 0 saturated heterocycles. The van der Waals surface area contributed by atoms with Gasteiger partial charge in [-0.25, -0.2) is 4.72 Å². The van der Waals surface area contributed by atoms with Crippen LogP contribution in [0.25, 0.3) is 0 Å². The molecule has 1 N–H and O–H groups in total. The van der Waals surface area contributed by atoms with Crippen molar-refractivity contribution >= 4 is 15.9 Å². The molecule has 2 rings (SSSR count). The molecule has 1 aromatic carbocycles. The molecule has 1 aromatic rings. The lowest BCUT2D eigenvalue weighted by molar-refractivity contribution is 0.505. The second-order valence-corrected chi connectivity index (χ2v) is 6.52. The third-order valence-corrected chi connectivity index (χ3v) is 4.66. The van der Waals surface area contributed by atoms with E-state index in [1.165, 1.54) is 29.7 Å². The molecule has 0 fully saturated rings. The van der Waals surface area contributed by atoms with Gasteiger partial charge in [0.15, 0.2) is 0 Å². The Balaban J connectivity index is 1.90. The number of hydrogen-bond donors (Lipinski definition) is 1. The van der Waals surface area contributed by atoms with Gasteiger partial charge in [-0.15, -0.1) is 0 Å². The number of fused-ring (bicyclic) bond motifs is 1. The molecule has 0 aliphatic carbocycles. The molecule has 0 radical (unpaired) electrons. The molecule has 100 valence electrons. The lowest BCUT2D eigenvalue weighted by Crippen LogP contribution is -2.40. The standard InChI is InChI=1S/C12H19N3O2S/c1-14(2)18(16,17)13-8-10-15-9-7-11-5-3-4-6-12(11)15/h3-6,13H,7-10H2,1-2H3. The normalized spacial score (nSPS) is 15.2. The molecule has 18 heavy (non-hydrogen) atoms. The van der Waals surface area contributed by atoms with Gasteiger partial charge in [-0.2, -0.15) is 12.7 Å². The maximum Gasteiger partial charge on any atom is 0.278 e. The van der Waals surface area contributed by atoms with Gasteiger partial charge in [0.25, 0.3) is 10.2 Å². The highest BCUT2D eigenvalue weighted by Crippen LogP contribution is 2.26. The smallest absolute Gasteiger partial charge is 0.278 e. The summed E-state index contributed by atoms with van der Waals surface area (Å²) in [6.07, 6.45) is 1.04. The topological polar surface area (TPSA) is 52.7 Å². The van der Waals surface area contributed by atoms with Gasteiger partial charge in [0, 0.05) is 39.4 Å². The first kappa shape index (κ1) is 13.3. The number of rotatable bonds is 5. The SMILES string of the molecule is CN(C)S(=O)(=O)NCCN1CCc2ccccc21. The molecule has 1 aliphatic heterocycles. The molecular weight excluding hydrogens is 250 g/mol. The van der Waals surface area contributed by atoms with E-state index in [0.717, 1.165) is 13.0 Å². The summed E-state index contributed by atoms with van der Waals surface area (Å²) < 4.78 is 26.9. The van der Waals surface area contributed by atoms with Crippen molar-refractivity contribution in [3.63, 3.8) is 0 Å². The minimum Gasteiger partial charge on any atom is -0.370 e. The Kier molecular flexibility index (Phi) is 3.89. The second-order valence-electron chi connectivity index (χ2n) is 4.55. The Labute approximate surface area is 109 Å². The Morgan fingerprint density at radius 1 is 1.33 bits per heavy atom. The Morgan fingerprint density at radius 3 is 2.78 bits per heavy atom. The molecule has 1 heterocycles. The van der Waals surface area contributed by atoms with Crippen LogP contribution >= 0.6 is 0 Å². The van der Waals surface area contributed by atoms with Crippen LogP contribution in [0.5, 0.6) is 0 Å². The summed E-state index contributed by atoms with van der Waals surface area (Å²) in [6, 6.07) is 8.26. The number of anilines is 1. The van der Waals surface area contributed by atoms with Crippen LogP contribution in [0.1, 0.15) is 5.56 Å². The van der Waals surface area contributed by atoms with Crippen LogP contribution in [-0.4, -0.2) is 46.5 Å². The quantitative estimate of drug-likeness (QED) is 0.844. The van der Waals surface area contributed by atoms with Gasteiger partial charge in [-0.05, 0) is 18.1 Å². The van der Waals surface area contributed by atoms with Crippen LogP contribution < -0.4 is 9.62 Å². The lowest BCUT2D eigenvalue weighted by atomic mass is 10.2. The number of para-hydroxylation sites is 1. The highest BCUT2D eigenvalue weighted by molar-refractivity contribution is 7.87. The first-order valence-electron chi connectivity index (χ1n) is 6.00. The maximum absolute atomic E-state index is 11.5. The molecule has 0 bridgehead atoms. The average molecular weight is 269 g/mol. The zero-order valence-electron chi connectivity index (χ0n) is 10.8. The van der Waals surface area contributed by atoms with E-state index in [2.05, 4.69) is 21.8 Å². The van der Waals surface area contributed by atoms with Crippen LogP contribution in [0.15, 0.2) is 24.3 Å². The first-order valence-corrected chi connectivity index (χ1v) is 7.45. The summed E-state index contributed by atoms with van der Waals surface area (Å²) in [6.45, 7) is 2.09. The third-order valence-electron chi connectivity index (χ3n) is 3.13. The van der Waals surface area contributed by atoms with Crippen molar-refractivity contribution in [3.8, 4) is 0 Å². The van der Waals surface area contributed by atoms with Crippen LogP contribution in [0.3, 0.4) is 0 Å². The van der Waals surface area contributed by atoms with Crippen molar-refractivity contribution in [1.29, 1.82) is 0 Å². The highest BCUT2D eigenvalue weighted by Gasteiger charge is 2.19. The molecule has 0 aromatic heterocycles. The molecule has 0 amide bonds. The van der Waals surface area contributed by atoms with E-state index in [0.29, 0.717) is 13.1 Å². The molecule has 1 aliphatic rings. The van der Waals surface area contributed by atoms with Crippen LogP contribution in [0.4, 0.5) is 5.69 Å². The molecule has 0 saturated carbocycles. The predicted molar refractivity (Wildman–Crippen MR) is 73.0 cm³/mol. The Hall–Kier alpha value is -1.11. The number of benzene rings is 1. The molecule has 0 atom stereocenters. The first-order chi connectivity index (χ1) is 8.50. The number of hydrogen-bond acceptors (Lipinski definition) is 3. The van der Waals surface area contributed by atoms with Crippen molar-refractivity contribution in [3.05, 3.63) is 29.8 Å². The van der Waals surface area contributed by atoms with Crippen molar-refractivity contribution in [1.82, 2.24) is 9.03 Å². The average Bonchev–Trinajstić information content (AvgIpc) is 2.72. The fraction of sp³-hybridized carbons (Fsp3) is 0.500. The Bertz CT molecular complexity index is 514. The van der Waals surface area contributed by atoms with Gasteiger partial charge in [0.2, 0.25) is 0 Å². The molecule has 0 unspecified atom stereocenters. The maximum atomic E-state index is 11.5. The van der Waals surface area contributed by atoms with E-state index in [1.54, 1.807) is 0 Å². The highest BCUT2D eigenvalue weighted by atomic mass is 32.2. The number of nitrogens with zero attached hydrogens (tertiary/aromatic N) is 2. The zero-order valence-corrected chi connectivity index (χ0v) is 11.6. The van der Waals surface area contributed by atoms with Gasteiger partial charge in [-0.3, -0.25) is 0 Å². The predicted octanol–water partition coefficient (Wildman–Crippen LogP) is 0.445. The van der Waals surface area contributed by atoms with Crippen molar-refractivity contribution in [2.24, 2.45) is 0 Å². The molecule has 6 heteroatoms. The summed E-state index contributed by atoms with van der Waals surface area (Å²) >= 11 is 0. The van der Waals surface area contributed by atoms with Gasteiger partial charge < -0.3 is 4.90 Å². The van der Waals surface area contributed by atoms with Crippen molar-refractivity contribution < 1.29 is 8.42 Å². The van der Waals surface area contributed by atoms with Gasteiger partial charge in [0.1, 0.15) is 0 Å². The minimum absolute atomic E-state index is 0.425. The van der Waals surface area contributed by atoms with Crippen LogP contribution in [0, 0.1) is 0 Å². The second kappa shape index (κ2) is 5.26. The van der Waals surface area contributed by atoms with Crippen molar-refractivity contribution in [2.75, 3.05) is 38.6 Å². The summed E-state index contributed by atoms with van der Waals surface area (Å²) in [5.74, 6) is 0. The summed E-state index contributed by atoms with van der Waals surface area (Å²) in [4.78, 5) is 2.22. The van der Waals surface area contributed by atoms with Gasteiger partial charge in [-0.1, -0.05) is 18.2 Å². The van der Waals surface area contributed by atoms with Gasteiger partial charge >= 0.3 is 0 Å². The fourth-order valence-electron chi connectivity index (χ4n) is 2.08. The van der Waals surface area contributed by atoms with E-state index >= 15 is 0 Å². The van der Waals surface area contributed by atoms with E-state index in [4.69, 9.17) is 0 Å². The zero-order chi connectivity index (χ0) is 13.2. The largest absolute Gasteiger partial charge is 0.370 e. The van der Waals surface area contributed by atoms with E-state index in [-0.39, 0.29) is 0 Å². The Morgan fingerprint density at radius 2 is 2.06 bits per heavy atom. The van der Waals surface area contributed by atoms with E-state index < -0.39 is 10.2 Å². The third kappa shape index (κ3) is 2.82. The van der Waals surface area contributed by atoms with Crippen molar-refractivity contribution in [2.45, 2.75) is 6.42 Å². The van der Waals surface area contributed by atoms with Crippen LogP contribution in [0.2, 0.25) is 0 Å². The summed E-state index contributed by atoms with van der Waals surface area (Å²) in [7, 11) is -0.268. The number of nitrogens with one attached hydrogen (secondary N) is 1. The van der Waals surface area contributed by atoms with E-state index in [9.17, 15) is 8.42 Å². The van der Waals surface area contributed by atoms with Crippen LogP contribution in [-0.2, 0) is 16.6 Å². The summed E-state index contributed by atoms with van der Waals surface area (Å²) in [5.41, 5.74) is 2.56. The fourth-order valence-corrected chi connectivity index (χ4v) is 2.68. The molecule has 5 nitrogen and oxygen atoms in total. The van der Waals surface area contributed by atoms with E-state index in [1.807, 2.05) is 12.1 Å². The molecule has 0 spiro atoms. The summed E-state index contributed by atoms with van der Waals surface area (Å²) in [5, 5.41) is 0.